The monoisotopic (exact) mass is 199 g/mol. The summed E-state index contributed by atoms with van der Waals surface area (Å²) in [6.45, 7) is 0.534. The number of aldehydes is 1. The fraction of sp³-hybridized carbons (Fsp3) is 0.667. The molecule has 0 aromatic carbocycles. The number of hydrogen-bond acceptors (Lipinski definition) is 4. The minimum Gasteiger partial charge on any atom is -0.480 e. The van der Waals surface area contributed by atoms with Crippen molar-refractivity contribution in [2.75, 3.05) is 13.6 Å². The first-order valence-corrected chi connectivity index (χ1v) is 4.50. The van der Waals surface area contributed by atoms with Gasteiger partial charge in [0, 0.05) is 0 Å². The third-order valence-corrected chi connectivity index (χ3v) is 2.80. The Labute approximate surface area is 81.7 Å². The van der Waals surface area contributed by atoms with Gasteiger partial charge < -0.3 is 5.11 Å². The summed E-state index contributed by atoms with van der Waals surface area (Å²) in [6.07, 6.45) is 1.85. The van der Waals surface area contributed by atoms with E-state index in [1.807, 2.05) is 0 Å². The van der Waals surface area contributed by atoms with Gasteiger partial charge in [-0.1, -0.05) is 0 Å². The molecule has 1 atom stereocenters. The van der Waals surface area contributed by atoms with Crippen LogP contribution in [0.4, 0.5) is 0 Å². The van der Waals surface area contributed by atoms with Crippen molar-refractivity contribution in [1.29, 1.82) is 0 Å². The molecule has 78 valence electrons. The highest BCUT2D eigenvalue weighted by Gasteiger charge is 2.50. The Kier molecular flexibility index (Phi) is 3.00. The van der Waals surface area contributed by atoms with Gasteiger partial charge in [-0.25, -0.2) is 4.79 Å². The molecule has 0 aliphatic carbocycles. The van der Waals surface area contributed by atoms with Crippen molar-refractivity contribution in [3.8, 4) is 0 Å². The van der Waals surface area contributed by atoms with Gasteiger partial charge in [-0.15, -0.1) is 0 Å². The van der Waals surface area contributed by atoms with Crippen LogP contribution in [0.5, 0.6) is 0 Å². The molecule has 14 heavy (non-hydrogen) atoms. The molecule has 1 aliphatic rings. The first-order valence-electron chi connectivity index (χ1n) is 4.50. The first-order chi connectivity index (χ1) is 6.55. The molecule has 0 amide bonds. The van der Waals surface area contributed by atoms with Crippen LogP contribution in [0.15, 0.2) is 0 Å². The van der Waals surface area contributed by atoms with E-state index in [0.717, 1.165) is 6.42 Å². The molecule has 5 nitrogen and oxygen atoms in total. The van der Waals surface area contributed by atoms with Crippen molar-refractivity contribution in [3.05, 3.63) is 0 Å². The van der Waals surface area contributed by atoms with Crippen LogP contribution >= 0.6 is 0 Å². The number of Topliss-reactive ketones (excluding diaryl/α,β-unsaturated/α-hetero) is 1. The second-order valence-electron chi connectivity index (χ2n) is 3.53. The number of nitrogens with zero attached hydrogens (tertiary/aromatic N) is 1. The van der Waals surface area contributed by atoms with Gasteiger partial charge in [0.25, 0.3) is 0 Å². The smallest absolute Gasteiger partial charge is 0.332 e. The van der Waals surface area contributed by atoms with Gasteiger partial charge in [-0.2, -0.15) is 0 Å². The van der Waals surface area contributed by atoms with E-state index < -0.39 is 17.3 Å². The molecular weight excluding hydrogens is 186 g/mol. The van der Waals surface area contributed by atoms with Crippen LogP contribution in [0.2, 0.25) is 0 Å². The molecule has 0 spiro atoms. The van der Waals surface area contributed by atoms with Gasteiger partial charge in [0.2, 0.25) is 5.78 Å². The predicted molar refractivity (Wildman–Crippen MR) is 47.9 cm³/mol. The molecule has 0 aromatic heterocycles. The van der Waals surface area contributed by atoms with Crippen molar-refractivity contribution < 1.29 is 19.5 Å². The van der Waals surface area contributed by atoms with E-state index in [4.69, 9.17) is 5.11 Å². The second-order valence-corrected chi connectivity index (χ2v) is 3.53. The fourth-order valence-corrected chi connectivity index (χ4v) is 1.90. The number of ketones is 1. The van der Waals surface area contributed by atoms with E-state index in [1.165, 1.54) is 4.90 Å². The standard InChI is InChI=1S/C9H13NO4/c1-10-5-3-2-4-9(10,8(13)14)7(12)6-11/h6H,2-5H2,1H3,(H,13,14)/t9-/m0/s1. The van der Waals surface area contributed by atoms with Gasteiger partial charge in [0.1, 0.15) is 0 Å². The summed E-state index contributed by atoms with van der Waals surface area (Å²) in [5, 5.41) is 9.04. The van der Waals surface area contributed by atoms with Gasteiger partial charge in [0.05, 0.1) is 0 Å². The molecule has 0 unspecified atom stereocenters. The SMILES string of the molecule is CN1CCCC[C@@]1(C(=O)O)C(=O)C=O. The summed E-state index contributed by atoms with van der Waals surface area (Å²) in [4.78, 5) is 34.3. The number of likely N-dealkylation sites (tertiary alicyclic amines) is 1. The van der Waals surface area contributed by atoms with Crippen LogP contribution in [0.3, 0.4) is 0 Å². The lowest BCUT2D eigenvalue weighted by Gasteiger charge is -2.39. The highest BCUT2D eigenvalue weighted by Crippen LogP contribution is 2.27. The van der Waals surface area contributed by atoms with Crippen LogP contribution < -0.4 is 0 Å². The quantitative estimate of drug-likeness (QED) is 0.383. The fourth-order valence-electron chi connectivity index (χ4n) is 1.90. The Bertz CT molecular complexity index is 276. The Balaban J connectivity index is 3.07. The largest absolute Gasteiger partial charge is 0.480 e. The number of carbonyl (C=O) groups excluding carboxylic acids is 2. The number of hydrogen-bond donors (Lipinski definition) is 1. The van der Waals surface area contributed by atoms with Crippen molar-refractivity contribution in [2.24, 2.45) is 0 Å². The number of carboxylic acids is 1. The number of rotatable bonds is 3. The van der Waals surface area contributed by atoms with Gasteiger partial charge >= 0.3 is 5.97 Å². The zero-order valence-corrected chi connectivity index (χ0v) is 8.02. The number of piperidine rings is 1. The Morgan fingerprint density at radius 3 is 2.50 bits per heavy atom. The number of carbonyl (C=O) groups is 3. The maximum Gasteiger partial charge on any atom is 0.332 e. The molecular formula is C9H13NO4. The van der Waals surface area contributed by atoms with Crippen LogP contribution in [-0.2, 0) is 14.4 Å². The minimum atomic E-state index is -1.61. The minimum absolute atomic E-state index is 0.107. The van der Waals surface area contributed by atoms with Gasteiger partial charge in [-0.05, 0) is 32.9 Å². The maximum absolute atomic E-state index is 11.4. The maximum atomic E-state index is 11.4. The van der Waals surface area contributed by atoms with Crippen molar-refractivity contribution in [2.45, 2.75) is 24.8 Å². The highest BCUT2D eigenvalue weighted by molar-refractivity contribution is 6.35. The Morgan fingerprint density at radius 2 is 2.07 bits per heavy atom. The molecule has 0 bridgehead atoms. The topological polar surface area (TPSA) is 74.7 Å². The Hall–Kier alpha value is -1.23. The summed E-state index contributed by atoms with van der Waals surface area (Å²) >= 11 is 0. The molecule has 1 saturated heterocycles. The van der Waals surface area contributed by atoms with E-state index >= 15 is 0 Å². The summed E-state index contributed by atoms with van der Waals surface area (Å²) < 4.78 is 0. The molecule has 5 heteroatoms. The highest BCUT2D eigenvalue weighted by atomic mass is 16.4. The third kappa shape index (κ3) is 1.43. The third-order valence-electron chi connectivity index (χ3n) is 2.80. The van der Waals surface area contributed by atoms with E-state index in [2.05, 4.69) is 0 Å². The lowest BCUT2D eigenvalue weighted by atomic mass is 9.83. The summed E-state index contributed by atoms with van der Waals surface area (Å²) in [6, 6.07) is 0. The number of likely N-dealkylation sites (N-methyl/N-ethyl adjacent to an activating group) is 1. The molecule has 1 rings (SSSR count). The zero-order valence-electron chi connectivity index (χ0n) is 8.02. The molecule has 1 heterocycles. The molecule has 0 aromatic rings. The Morgan fingerprint density at radius 1 is 1.43 bits per heavy atom. The van der Waals surface area contributed by atoms with Crippen LogP contribution in [0.25, 0.3) is 0 Å². The normalized spacial score (nSPS) is 28.4. The first kappa shape index (κ1) is 10.8. The molecule has 1 fully saturated rings. The van der Waals surface area contributed by atoms with Gasteiger partial charge in [0.15, 0.2) is 11.8 Å². The van der Waals surface area contributed by atoms with Crippen LogP contribution in [0.1, 0.15) is 19.3 Å². The van der Waals surface area contributed by atoms with E-state index in [9.17, 15) is 14.4 Å². The van der Waals surface area contributed by atoms with Crippen LogP contribution in [-0.4, -0.2) is 47.2 Å². The lowest BCUT2D eigenvalue weighted by Crippen LogP contribution is -2.61. The van der Waals surface area contributed by atoms with E-state index in [0.29, 0.717) is 13.0 Å². The predicted octanol–water partition coefficient (Wildman–Crippen LogP) is -0.307. The van der Waals surface area contributed by atoms with Gasteiger partial charge in [-0.3, -0.25) is 14.5 Å². The van der Waals surface area contributed by atoms with Crippen molar-refractivity contribution >= 4 is 18.0 Å². The van der Waals surface area contributed by atoms with E-state index in [-0.39, 0.29) is 12.7 Å². The van der Waals surface area contributed by atoms with E-state index in [1.54, 1.807) is 7.05 Å². The average Bonchev–Trinajstić information content (AvgIpc) is 2.17. The zero-order chi connectivity index (χ0) is 10.8. The summed E-state index contributed by atoms with van der Waals surface area (Å²) in [7, 11) is 1.56. The van der Waals surface area contributed by atoms with Crippen molar-refractivity contribution in [1.82, 2.24) is 4.90 Å². The molecule has 0 radical (unpaired) electrons. The summed E-state index contributed by atoms with van der Waals surface area (Å²) in [5.41, 5.74) is -1.61. The summed E-state index contributed by atoms with van der Waals surface area (Å²) in [5.74, 6) is -2.08. The molecule has 1 aliphatic heterocycles. The van der Waals surface area contributed by atoms with Crippen molar-refractivity contribution in [3.63, 3.8) is 0 Å². The molecule has 1 N–H and O–H groups in total. The second kappa shape index (κ2) is 3.88. The van der Waals surface area contributed by atoms with Crippen LogP contribution in [0, 0.1) is 0 Å². The molecule has 0 saturated carbocycles. The number of carboxylic acid groups (broad SMARTS) is 1. The lowest BCUT2D eigenvalue weighted by molar-refractivity contribution is -0.160. The number of aliphatic carboxylic acids is 1. The average molecular weight is 199 g/mol.